The summed E-state index contributed by atoms with van der Waals surface area (Å²) in [5.74, 6) is 0.547. The minimum atomic E-state index is 0.118. The number of likely N-dealkylation sites (tertiary alicyclic amines) is 1. The highest BCUT2D eigenvalue weighted by Crippen LogP contribution is 2.21. The Labute approximate surface area is 116 Å². The molecular formula is C14H19BrN2O. The molecule has 1 saturated heterocycles. The van der Waals surface area contributed by atoms with Gasteiger partial charge in [0.15, 0.2) is 0 Å². The lowest BCUT2D eigenvalue weighted by Crippen LogP contribution is -2.45. The first kappa shape index (κ1) is 13.6. The Hall–Kier alpha value is -0.870. The molecule has 0 radical (unpaired) electrons. The topological polar surface area (TPSA) is 46.3 Å². The van der Waals surface area contributed by atoms with E-state index in [-0.39, 0.29) is 11.9 Å². The Morgan fingerprint density at radius 1 is 1.44 bits per heavy atom. The number of piperidine rings is 1. The van der Waals surface area contributed by atoms with Crippen LogP contribution in [0, 0.1) is 5.92 Å². The average molecular weight is 311 g/mol. The molecule has 1 heterocycles. The molecule has 2 rings (SSSR count). The van der Waals surface area contributed by atoms with E-state index in [0.29, 0.717) is 5.92 Å². The quantitative estimate of drug-likeness (QED) is 0.913. The molecule has 2 N–H and O–H groups in total. The lowest BCUT2D eigenvalue weighted by molar-refractivity contribution is 0.0661. The second-order valence-corrected chi connectivity index (χ2v) is 5.94. The fraction of sp³-hybridized carbons (Fsp3) is 0.500. The van der Waals surface area contributed by atoms with Crippen molar-refractivity contribution in [2.45, 2.75) is 25.8 Å². The van der Waals surface area contributed by atoms with Crippen molar-refractivity contribution in [1.82, 2.24) is 4.90 Å². The van der Waals surface area contributed by atoms with E-state index in [1.165, 1.54) is 0 Å². The first-order chi connectivity index (χ1) is 8.58. The number of benzene rings is 1. The SMILES string of the molecule is CC(N)C1CCCN(C(=O)c2ccc(Br)cc2)C1. The number of carbonyl (C=O) groups is 1. The van der Waals surface area contributed by atoms with Crippen LogP contribution in [-0.2, 0) is 0 Å². The molecule has 0 aliphatic carbocycles. The molecule has 1 aliphatic rings. The molecule has 1 amide bonds. The second-order valence-electron chi connectivity index (χ2n) is 5.02. The van der Waals surface area contributed by atoms with E-state index in [9.17, 15) is 4.79 Å². The van der Waals surface area contributed by atoms with Crippen LogP contribution in [0.15, 0.2) is 28.7 Å². The molecule has 1 fully saturated rings. The Kier molecular flexibility index (Phi) is 4.40. The van der Waals surface area contributed by atoms with Crippen molar-refractivity contribution in [2.75, 3.05) is 13.1 Å². The maximum Gasteiger partial charge on any atom is 0.253 e. The van der Waals surface area contributed by atoms with Crippen molar-refractivity contribution in [3.63, 3.8) is 0 Å². The fourth-order valence-corrected chi connectivity index (χ4v) is 2.66. The summed E-state index contributed by atoms with van der Waals surface area (Å²) in [6.07, 6.45) is 2.18. The maximum absolute atomic E-state index is 12.3. The number of rotatable bonds is 2. The van der Waals surface area contributed by atoms with Crippen LogP contribution in [0.1, 0.15) is 30.1 Å². The van der Waals surface area contributed by atoms with Gasteiger partial charge in [-0.25, -0.2) is 0 Å². The molecule has 2 atom stereocenters. The van der Waals surface area contributed by atoms with E-state index in [2.05, 4.69) is 15.9 Å². The lowest BCUT2D eigenvalue weighted by Gasteiger charge is -2.34. The van der Waals surface area contributed by atoms with E-state index < -0.39 is 0 Å². The highest BCUT2D eigenvalue weighted by Gasteiger charge is 2.26. The zero-order valence-corrected chi connectivity index (χ0v) is 12.2. The number of carbonyl (C=O) groups excluding carboxylic acids is 1. The largest absolute Gasteiger partial charge is 0.338 e. The van der Waals surface area contributed by atoms with Gasteiger partial charge >= 0.3 is 0 Å². The summed E-state index contributed by atoms with van der Waals surface area (Å²) in [6.45, 7) is 3.66. The Bertz CT molecular complexity index is 416. The third kappa shape index (κ3) is 3.12. The number of hydrogen-bond acceptors (Lipinski definition) is 2. The van der Waals surface area contributed by atoms with Gasteiger partial charge in [-0.1, -0.05) is 15.9 Å². The molecule has 18 heavy (non-hydrogen) atoms. The minimum Gasteiger partial charge on any atom is -0.338 e. The number of nitrogens with zero attached hydrogens (tertiary/aromatic N) is 1. The smallest absolute Gasteiger partial charge is 0.253 e. The van der Waals surface area contributed by atoms with Crippen molar-refractivity contribution in [1.29, 1.82) is 0 Å². The van der Waals surface area contributed by atoms with Crippen LogP contribution in [0.3, 0.4) is 0 Å². The molecule has 0 aromatic heterocycles. The normalized spacial score (nSPS) is 21.7. The summed E-state index contributed by atoms with van der Waals surface area (Å²) in [5.41, 5.74) is 6.70. The summed E-state index contributed by atoms with van der Waals surface area (Å²) < 4.78 is 0.992. The second kappa shape index (κ2) is 5.85. The molecule has 3 nitrogen and oxygen atoms in total. The number of amides is 1. The van der Waals surface area contributed by atoms with Gasteiger partial charge in [0.2, 0.25) is 0 Å². The first-order valence-electron chi connectivity index (χ1n) is 6.38. The van der Waals surface area contributed by atoms with Crippen molar-refractivity contribution >= 4 is 21.8 Å². The van der Waals surface area contributed by atoms with Crippen LogP contribution in [0.4, 0.5) is 0 Å². The summed E-state index contributed by atoms with van der Waals surface area (Å²) >= 11 is 3.38. The van der Waals surface area contributed by atoms with Gasteiger partial charge in [0, 0.05) is 29.2 Å². The Morgan fingerprint density at radius 2 is 2.11 bits per heavy atom. The zero-order valence-electron chi connectivity index (χ0n) is 10.6. The predicted molar refractivity (Wildman–Crippen MR) is 76.4 cm³/mol. The van der Waals surface area contributed by atoms with E-state index in [1.54, 1.807) is 0 Å². The van der Waals surface area contributed by atoms with Gasteiger partial charge in [-0.2, -0.15) is 0 Å². The van der Waals surface area contributed by atoms with Crippen molar-refractivity contribution < 1.29 is 4.79 Å². The van der Waals surface area contributed by atoms with Gasteiger partial charge in [0.1, 0.15) is 0 Å². The van der Waals surface area contributed by atoms with E-state index in [0.717, 1.165) is 36.0 Å². The van der Waals surface area contributed by atoms with Gasteiger partial charge < -0.3 is 10.6 Å². The minimum absolute atomic E-state index is 0.118. The molecule has 1 aromatic carbocycles. The fourth-order valence-electron chi connectivity index (χ4n) is 2.40. The molecule has 2 unspecified atom stereocenters. The molecule has 1 aromatic rings. The third-order valence-electron chi connectivity index (χ3n) is 3.58. The van der Waals surface area contributed by atoms with Gasteiger partial charge in [0.25, 0.3) is 5.91 Å². The van der Waals surface area contributed by atoms with Gasteiger partial charge in [-0.05, 0) is 49.9 Å². The molecule has 98 valence electrons. The monoisotopic (exact) mass is 310 g/mol. The van der Waals surface area contributed by atoms with Crippen molar-refractivity contribution in [3.8, 4) is 0 Å². The Morgan fingerprint density at radius 3 is 2.72 bits per heavy atom. The van der Waals surface area contributed by atoms with Crippen LogP contribution in [0.2, 0.25) is 0 Å². The average Bonchev–Trinajstić information content (AvgIpc) is 2.39. The van der Waals surface area contributed by atoms with Crippen LogP contribution in [0.5, 0.6) is 0 Å². The molecule has 1 aliphatic heterocycles. The molecule has 0 spiro atoms. The number of hydrogen-bond donors (Lipinski definition) is 1. The highest BCUT2D eigenvalue weighted by molar-refractivity contribution is 9.10. The van der Waals surface area contributed by atoms with Gasteiger partial charge in [-0.15, -0.1) is 0 Å². The summed E-state index contributed by atoms with van der Waals surface area (Å²) in [7, 11) is 0. The number of nitrogens with two attached hydrogens (primary N) is 1. The van der Waals surface area contributed by atoms with Crippen molar-refractivity contribution in [3.05, 3.63) is 34.3 Å². The van der Waals surface area contributed by atoms with Crippen molar-refractivity contribution in [2.24, 2.45) is 11.7 Å². The highest BCUT2D eigenvalue weighted by atomic mass is 79.9. The van der Waals surface area contributed by atoms with Crippen LogP contribution < -0.4 is 5.73 Å². The molecular weight excluding hydrogens is 292 g/mol. The standard InChI is InChI=1S/C14H19BrN2O/c1-10(16)12-3-2-8-17(9-12)14(18)11-4-6-13(15)7-5-11/h4-7,10,12H,2-3,8-9,16H2,1H3. The molecule has 0 saturated carbocycles. The lowest BCUT2D eigenvalue weighted by atomic mass is 9.92. The van der Waals surface area contributed by atoms with E-state index in [4.69, 9.17) is 5.73 Å². The Balaban J connectivity index is 2.06. The summed E-state index contributed by atoms with van der Waals surface area (Å²) in [4.78, 5) is 14.3. The summed E-state index contributed by atoms with van der Waals surface area (Å²) in [6, 6.07) is 7.69. The van der Waals surface area contributed by atoms with E-state index in [1.807, 2.05) is 36.1 Å². The predicted octanol–water partition coefficient (Wildman–Crippen LogP) is 2.65. The summed E-state index contributed by atoms with van der Waals surface area (Å²) in [5, 5.41) is 0. The molecule has 4 heteroatoms. The third-order valence-corrected chi connectivity index (χ3v) is 4.11. The first-order valence-corrected chi connectivity index (χ1v) is 7.17. The number of halogens is 1. The van der Waals surface area contributed by atoms with Crippen LogP contribution in [-0.4, -0.2) is 29.9 Å². The van der Waals surface area contributed by atoms with Crippen LogP contribution >= 0.6 is 15.9 Å². The van der Waals surface area contributed by atoms with Crippen LogP contribution in [0.25, 0.3) is 0 Å². The van der Waals surface area contributed by atoms with E-state index >= 15 is 0 Å². The van der Waals surface area contributed by atoms with Gasteiger partial charge in [-0.3, -0.25) is 4.79 Å². The zero-order chi connectivity index (χ0) is 13.1. The molecule has 0 bridgehead atoms. The van der Waals surface area contributed by atoms with Gasteiger partial charge in [0.05, 0.1) is 0 Å². The maximum atomic E-state index is 12.3.